The van der Waals surface area contributed by atoms with Crippen molar-refractivity contribution >= 4 is 5.96 Å². The van der Waals surface area contributed by atoms with Crippen LogP contribution < -0.4 is 10.6 Å². The van der Waals surface area contributed by atoms with E-state index in [-0.39, 0.29) is 12.1 Å². The minimum absolute atomic E-state index is 0.163. The third-order valence-corrected chi connectivity index (χ3v) is 5.11. The predicted octanol–water partition coefficient (Wildman–Crippen LogP) is 4.00. The summed E-state index contributed by atoms with van der Waals surface area (Å²) in [5.74, 6) is 1.28. The molecule has 3 rings (SSSR count). The largest absolute Gasteiger partial charge is 0.373 e. The minimum atomic E-state index is 0.163. The summed E-state index contributed by atoms with van der Waals surface area (Å²) in [4.78, 5) is 4.40. The maximum absolute atomic E-state index is 5.98. The number of nitrogens with zero attached hydrogens (tertiary/aromatic N) is 1. The molecular weight excluding hydrogens is 322 g/mol. The van der Waals surface area contributed by atoms with Gasteiger partial charge in [-0.3, -0.25) is 4.99 Å². The molecule has 4 nitrogen and oxygen atoms in total. The number of aliphatic imine (C=N–C) groups is 1. The molecule has 1 aliphatic rings. The van der Waals surface area contributed by atoms with Crippen molar-refractivity contribution in [1.29, 1.82) is 0 Å². The van der Waals surface area contributed by atoms with Crippen LogP contribution in [0.3, 0.4) is 0 Å². The molecule has 0 bridgehead atoms. The summed E-state index contributed by atoms with van der Waals surface area (Å²) in [7, 11) is 1.82. The molecule has 0 radical (unpaired) electrons. The molecule has 2 aromatic rings. The zero-order chi connectivity index (χ0) is 18.4. The number of ether oxygens (including phenoxy) is 1. The highest BCUT2D eigenvalue weighted by Gasteiger charge is 2.29. The number of hydrogen-bond donors (Lipinski definition) is 2. The van der Waals surface area contributed by atoms with Crippen molar-refractivity contribution in [2.75, 3.05) is 20.2 Å². The Labute approximate surface area is 156 Å². The second kappa shape index (κ2) is 8.86. The smallest absolute Gasteiger partial charge is 0.191 e. The van der Waals surface area contributed by atoms with Crippen molar-refractivity contribution in [3.8, 4) is 0 Å². The van der Waals surface area contributed by atoms with E-state index in [1.807, 2.05) is 13.1 Å². The highest BCUT2D eigenvalue weighted by Crippen LogP contribution is 2.33. The van der Waals surface area contributed by atoms with E-state index in [9.17, 15) is 0 Å². The quantitative estimate of drug-likeness (QED) is 0.632. The van der Waals surface area contributed by atoms with Gasteiger partial charge in [-0.05, 0) is 37.0 Å². The molecule has 26 heavy (non-hydrogen) atoms. The lowest BCUT2D eigenvalue weighted by molar-refractivity contribution is 0.0915. The third kappa shape index (κ3) is 4.44. The lowest BCUT2D eigenvalue weighted by Gasteiger charge is -2.23. The average Bonchev–Trinajstić information content (AvgIpc) is 3.14. The number of benzene rings is 2. The molecule has 0 amide bonds. The van der Waals surface area contributed by atoms with Gasteiger partial charge in [-0.15, -0.1) is 0 Å². The van der Waals surface area contributed by atoms with Crippen LogP contribution in [0.4, 0.5) is 0 Å². The lowest BCUT2D eigenvalue weighted by atomic mass is 9.95. The van der Waals surface area contributed by atoms with E-state index in [1.165, 1.54) is 16.7 Å². The van der Waals surface area contributed by atoms with E-state index < -0.39 is 0 Å². The monoisotopic (exact) mass is 351 g/mol. The standard InChI is InChI=1S/C22H29N3O/c1-16-9-7-8-12-20(16)17(2)25-22(23-3)24-15-19-13-14-26-21(19)18-10-5-4-6-11-18/h4-12,17,19,21H,13-15H2,1-3H3,(H2,23,24,25). The van der Waals surface area contributed by atoms with Crippen molar-refractivity contribution in [3.05, 3.63) is 71.3 Å². The number of rotatable bonds is 5. The van der Waals surface area contributed by atoms with Crippen molar-refractivity contribution in [1.82, 2.24) is 10.6 Å². The van der Waals surface area contributed by atoms with E-state index in [1.54, 1.807) is 0 Å². The van der Waals surface area contributed by atoms with Gasteiger partial charge in [0.25, 0.3) is 0 Å². The van der Waals surface area contributed by atoms with E-state index >= 15 is 0 Å². The molecule has 0 saturated carbocycles. The Morgan fingerprint density at radius 2 is 1.88 bits per heavy atom. The molecule has 1 saturated heterocycles. The predicted molar refractivity (Wildman–Crippen MR) is 107 cm³/mol. The molecule has 3 unspecified atom stereocenters. The molecule has 1 heterocycles. The molecule has 0 spiro atoms. The van der Waals surface area contributed by atoms with Gasteiger partial charge < -0.3 is 15.4 Å². The summed E-state index contributed by atoms with van der Waals surface area (Å²) in [6.45, 7) is 5.97. The maximum atomic E-state index is 5.98. The average molecular weight is 351 g/mol. The van der Waals surface area contributed by atoms with Crippen LogP contribution in [0.1, 0.15) is 42.2 Å². The molecule has 3 atom stereocenters. The Morgan fingerprint density at radius 3 is 2.62 bits per heavy atom. The van der Waals surface area contributed by atoms with Crippen LogP contribution in [0, 0.1) is 12.8 Å². The minimum Gasteiger partial charge on any atom is -0.373 e. The third-order valence-electron chi connectivity index (χ3n) is 5.11. The molecule has 4 heteroatoms. The molecule has 1 fully saturated rings. The molecule has 2 aromatic carbocycles. The number of nitrogens with one attached hydrogen (secondary N) is 2. The summed E-state index contributed by atoms with van der Waals surface area (Å²) in [6, 6.07) is 19.2. The van der Waals surface area contributed by atoms with Crippen LogP contribution in [0.25, 0.3) is 0 Å². The van der Waals surface area contributed by atoms with E-state index in [0.717, 1.165) is 25.5 Å². The van der Waals surface area contributed by atoms with Gasteiger partial charge in [0.15, 0.2) is 5.96 Å². The molecular formula is C22H29N3O. The van der Waals surface area contributed by atoms with Gasteiger partial charge in [0, 0.05) is 26.1 Å². The van der Waals surface area contributed by atoms with Crippen molar-refractivity contribution in [2.45, 2.75) is 32.4 Å². The van der Waals surface area contributed by atoms with Gasteiger partial charge in [0.05, 0.1) is 12.1 Å². The summed E-state index contributed by atoms with van der Waals surface area (Å²) >= 11 is 0. The Bertz CT molecular complexity index is 729. The van der Waals surface area contributed by atoms with Crippen molar-refractivity contribution in [3.63, 3.8) is 0 Å². The lowest BCUT2D eigenvalue weighted by Crippen LogP contribution is -2.41. The van der Waals surface area contributed by atoms with E-state index in [0.29, 0.717) is 5.92 Å². The molecule has 2 N–H and O–H groups in total. The summed E-state index contributed by atoms with van der Waals surface area (Å²) in [6.07, 6.45) is 1.23. The second-order valence-electron chi connectivity index (χ2n) is 6.93. The Hall–Kier alpha value is -2.33. The number of aryl methyl sites for hydroxylation is 1. The number of guanidine groups is 1. The van der Waals surface area contributed by atoms with Gasteiger partial charge in [-0.2, -0.15) is 0 Å². The molecule has 0 aromatic heterocycles. The highest BCUT2D eigenvalue weighted by atomic mass is 16.5. The van der Waals surface area contributed by atoms with Gasteiger partial charge in [-0.1, -0.05) is 54.6 Å². The van der Waals surface area contributed by atoms with Gasteiger partial charge in [-0.25, -0.2) is 0 Å². The molecule has 1 aliphatic heterocycles. The molecule has 0 aliphatic carbocycles. The summed E-state index contributed by atoms with van der Waals surface area (Å²) < 4.78 is 5.98. The first-order chi connectivity index (χ1) is 12.7. The van der Waals surface area contributed by atoms with Crippen LogP contribution in [-0.2, 0) is 4.74 Å². The SMILES string of the molecule is CN=C(NCC1CCOC1c1ccccc1)NC(C)c1ccccc1C. The second-order valence-corrected chi connectivity index (χ2v) is 6.93. The van der Waals surface area contributed by atoms with Crippen LogP contribution in [0.2, 0.25) is 0 Å². The number of hydrogen-bond acceptors (Lipinski definition) is 2. The van der Waals surface area contributed by atoms with Crippen LogP contribution in [-0.4, -0.2) is 26.2 Å². The first kappa shape index (κ1) is 18.5. The van der Waals surface area contributed by atoms with Crippen LogP contribution in [0.5, 0.6) is 0 Å². The summed E-state index contributed by atoms with van der Waals surface area (Å²) in [5.41, 5.74) is 3.84. The maximum Gasteiger partial charge on any atom is 0.191 e. The Kier molecular flexibility index (Phi) is 6.29. The van der Waals surface area contributed by atoms with E-state index in [4.69, 9.17) is 4.74 Å². The van der Waals surface area contributed by atoms with Gasteiger partial charge in [0.2, 0.25) is 0 Å². The first-order valence-electron chi connectivity index (χ1n) is 9.38. The van der Waals surface area contributed by atoms with Crippen LogP contribution >= 0.6 is 0 Å². The fourth-order valence-electron chi connectivity index (χ4n) is 3.63. The normalized spacial score (nSPS) is 21.4. The van der Waals surface area contributed by atoms with Gasteiger partial charge in [0.1, 0.15) is 0 Å². The summed E-state index contributed by atoms with van der Waals surface area (Å²) in [5, 5.41) is 6.99. The molecule has 138 valence electrons. The first-order valence-corrected chi connectivity index (χ1v) is 9.38. The fraction of sp³-hybridized carbons (Fsp3) is 0.409. The zero-order valence-electron chi connectivity index (χ0n) is 15.9. The van der Waals surface area contributed by atoms with E-state index in [2.05, 4.69) is 78.0 Å². The Morgan fingerprint density at radius 1 is 1.15 bits per heavy atom. The van der Waals surface area contributed by atoms with Crippen molar-refractivity contribution in [2.24, 2.45) is 10.9 Å². The van der Waals surface area contributed by atoms with Gasteiger partial charge >= 0.3 is 0 Å². The topological polar surface area (TPSA) is 45.7 Å². The highest BCUT2D eigenvalue weighted by molar-refractivity contribution is 5.80. The zero-order valence-corrected chi connectivity index (χ0v) is 15.9. The fourth-order valence-corrected chi connectivity index (χ4v) is 3.63. The Balaban J connectivity index is 1.58. The van der Waals surface area contributed by atoms with Crippen LogP contribution in [0.15, 0.2) is 59.6 Å². The van der Waals surface area contributed by atoms with Crippen molar-refractivity contribution < 1.29 is 4.74 Å².